The van der Waals surface area contributed by atoms with Gasteiger partial charge >= 0.3 is 0 Å². The zero-order chi connectivity index (χ0) is 20.9. The first kappa shape index (κ1) is 20.1. The molecule has 1 amide bonds. The first-order valence-electron chi connectivity index (χ1n) is 9.82. The molecule has 0 fully saturated rings. The van der Waals surface area contributed by atoms with Crippen molar-refractivity contribution in [1.29, 1.82) is 0 Å². The number of carbonyl (C=O) groups excluding carboxylic acids is 1. The van der Waals surface area contributed by atoms with Gasteiger partial charge in [-0.1, -0.05) is 48.0 Å². The Labute approximate surface area is 180 Å². The quantitative estimate of drug-likeness (QED) is 0.391. The predicted octanol–water partition coefficient (Wildman–Crippen LogP) is 5.74. The van der Waals surface area contributed by atoms with Crippen molar-refractivity contribution >= 4 is 34.3 Å². The number of hydrogen-bond donors (Lipinski definition) is 1. The van der Waals surface area contributed by atoms with Crippen molar-refractivity contribution in [2.45, 2.75) is 18.4 Å². The van der Waals surface area contributed by atoms with E-state index in [1.54, 1.807) is 18.9 Å². The fraction of sp³-hybridized carbons (Fsp3) is 0.160. The summed E-state index contributed by atoms with van der Waals surface area (Å²) in [5, 5.41) is 4.11. The molecule has 1 N–H and O–H groups in total. The number of aryl methyl sites for hydroxylation is 1. The van der Waals surface area contributed by atoms with Gasteiger partial charge in [-0.15, -0.1) is 11.8 Å². The summed E-state index contributed by atoms with van der Waals surface area (Å²) in [5.41, 5.74) is 4.46. The molecule has 4 nitrogen and oxygen atoms in total. The van der Waals surface area contributed by atoms with Gasteiger partial charge in [0.05, 0.1) is 12.9 Å². The van der Waals surface area contributed by atoms with Gasteiger partial charge in [-0.2, -0.15) is 0 Å². The number of nitrogens with zero attached hydrogens (tertiary/aromatic N) is 1. The number of aromatic nitrogens is 1. The number of para-hydroxylation sites is 1. The molecular formula is C25H24N2O2S. The van der Waals surface area contributed by atoms with E-state index in [-0.39, 0.29) is 5.91 Å². The van der Waals surface area contributed by atoms with E-state index in [0.29, 0.717) is 5.75 Å². The number of fused-ring (bicyclic) bond motifs is 1. The summed E-state index contributed by atoms with van der Waals surface area (Å²) < 4.78 is 7.41. The standard InChI is InChI=1S/C25H24N2O2S/c1-18-7-9-19(10-8-18)15-27-16-24(22-5-3-4-6-23(22)27)30-17-25(28)26-20-11-13-21(29-2)14-12-20/h3-14,16H,15,17H2,1-2H3,(H,26,28). The molecule has 5 heteroatoms. The second kappa shape index (κ2) is 9.09. The minimum atomic E-state index is -0.0273. The van der Waals surface area contributed by atoms with Crippen LogP contribution < -0.4 is 10.1 Å². The highest BCUT2D eigenvalue weighted by Crippen LogP contribution is 2.30. The molecule has 1 heterocycles. The normalized spacial score (nSPS) is 10.9. The summed E-state index contributed by atoms with van der Waals surface area (Å²) in [5.74, 6) is 1.09. The van der Waals surface area contributed by atoms with Gasteiger partial charge in [-0.05, 0) is 42.8 Å². The van der Waals surface area contributed by atoms with Gasteiger partial charge in [-0.3, -0.25) is 4.79 Å². The van der Waals surface area contributed by atoms with Crippen molar-refractivity contribution in [3.05, 3.63) is 90.1 Å². The lowest BCUT2D eigenvalue weighted by Gasteiger charge is -2.06. The van der Waals surface area contributed by atoms with E-state index < -0.39 is 0 Å². The molecule has 0 radical (unpaired) electrons. The zero-order valence-electron chi connectivity index (χ0n) is 17.1. The van der Waals surface area contributed by atoms with E-state index in [4.69, 9.17) is 4.74 Å². The molecule has 0 aliphatic rings. The Kier molecular flexibility index (Phi) is 6.10. The van der Waals surface area contributed by atoms with Gasteiger partial charge in [0, 0.05) is 34.2 Å². The van der Waals surface area contributed by atoms with Crippen LogP contribution >= 0.6 is 11.8 Å². The van der Waals surface area contributed by atoms with E-state index in [1.165, 1.54) is 22.0 Å². The van der Waals surface area contributed by atoms with Crippen molar-refractivity contribution in [2.75, 3.05) is 18.2 Å². The van der Waals surface area contributed by atoms with Gasteiger partial charge in [-0.25, -0.2) is 0 Å². The monoisotopic (exact) mass is 416 g/mol. The maximum Gasteiger partial charge on any atom is 0.234 e. The minimum Gasteiger partial charge on any atom is -0.497 e. The molecule has 152 valence electrons. The fourth-order valence-electron chi connectivity index (χ4n) is 3.36. The van der Waals surface area contributed by atoms with E-state index in [1.807, 2.05) is 30.3 Å². The number of thioether (sulfide) groups is 1. The molecule has 4 aromatic rings. The lowest BCUT2D eigenvalue weighted by atomic mass is 10.1. The van der Waals surface area contributed by atoms with Crippen LogP contribution in [0.3, 0.4) is 0 Å². The largest absolute Gasteiger partial charge is 0.497 e. The summed E-state index contributed by atoms with van der Waals surface area (Å²) in [6, 6.07) is 24.3. The second-order valence-corrected chi connectivity index (χ2v) is 8.21. The van der Waals surface area contributed by atoms with Crippen LogP contribution in [0.25, 0.3) is 10.9 Å². The Morgan fingerprint density at radius 1 is 1.00 bits per heavy atom. The molecule has 0 atom stereocenters. The molecule has 4 rings (SSSR count). The molecule has 0 spiro atoms. The van der Waals surface area contributed by atoms with Crippen LogP contribution in [0.4, 0.5) is 5.69 Å². The van der Waals surface area contributed by atoms with Gasteiger partial charge in [0.25, 0.3) is 0 Å². The van der Waals surface area contributed by atoms with Gasteiger partial charge < -0.3 is 14.6 Å². The summed E-state index contributed by atoms with van der Waals surface area (Å²) >= 11 is 1.56. The molecule has 1 aromatic heterocycles. The average molecular weight is 417 g/mol. The van der Waals surface area contributed by atoms with Crippen LogP contribution in [0.5, 0.6) is 5.75 Å². The zero-order valence-corrected chi connectivity index (χ0v) is 17.9. The van der Waals surface area contributed by atoms with Gasteiger partial charge in [0.2, 0.25) is 5.91 Å². The maximum atomic E-state index is 12.4. The highest BCUT2D eigenvalue weighted by Gasteiger charge is 2.11. The number of benzene rings is 3. The Balaban J connectivity index is 1.47. The fourth-order valence-corrected chi connectivity index (χ4v) is 4.25. The number of rotatable bonds is 7. The molecule has 0 saturated carbocycles. The Hall–Kier alpha value is -3.18. The maximum absolute atomic E-state index is 12.4. The molecule has 0 aliphatic heterocycles. The number of carbonyl (C=O) groups is 1. The third-order valence-electron chi connectivity index (χ3n) is 4.96. The summed E-state index contributed by atoms with van der Waals surface area (Å²) in [6.07, 6.45) is 2.15. The van der Waals surface area contributed by atoms with Crippen molar-refractivity contribution < 1.29 is 9.53 Å². The van der Waals surface area contributed by atoms with E-state index in [0.717, 1.165) is 22.9 Å². The number of ether oxygens (including phenoxy) is 1. The lowest BCUT2D eigenvalue weighted by molar-refractivity contribution is -0.113. The van der Waals surface area contributed by atoms with Crippen molar-refractivity contribution in [3.63, 3.8) is 0 Å². The third kappa shape index (κ3) is 4.69. The molecule has 0 saturated heterocycles. The van der Waals surface area contributed by atoms with Crippen LogP contribution in [0, 0.1) is 6.92 Å². The van der Waals surface area contributed by atoms with Gasteiger partial charge in [0.1, 0.15) is 5.75 Å². The van der Waals surface area contributed by atoms with Crippen molar-refractivity contribution in [2.24, 2.45) is 0 Å². The number of hydrogen-bond acceptors (Lipinski definition) is 3. The summed E-state index contributed by atoms with van der Waals surface area (Å²) in [6.45, 7) is 2.90. The summed E-state index contributed by atoms with van der Waals surface area (Å²) in [4.78, 5) is 13.5. The molecule has 30 heavy (non-hydrogen) atoms. The smallest absolute Gasteiger partial charge is 0.234 e. The van der Waals surface area contributed by atoms with Crippen molar-refractivity contribution in [1.82, 2.24) is 4.57 Å². The van der Waals surface area contributed by atoms with Crippen molar-refractivity contribution in [3.8, 4) is 5.75 Å². The Bertz CT molecular complexity index is 1150. The van der Waals surface area contributed by atoms with E-state index in [2.05, 4.69) is 65.5 Å². The number of nitrogens with one attached hydrogen (secondary N) is 1. The number of anilines is 1. The van der Waals surface area contributed by atoms with Crippen LogP contribution in [-0.2, 0) is 11.3 Å². The van der Waals surface area contributed by atoms with Crippen LogP contribution in [0.2, 0.25) is 0 Å². The highest BCUT2D eigenvalue weighted by molar-refractivity contribution is 8.00. The van der Waals surface area contributed by atoms with E-state index >= 15 is 0 Å². The number of methoxy groups -OCH3 is 1. The van der Waals surface area contributed by atoms with Crippen LogP contribution in [0.1, 0.15) is 11.1 Å². The van der Waals surface area contributed by atoms with Gasteiger partial charge in [0.15, 0.2) is 0 Å². The molecule has 0 unspecified atom stereocenters. The number of amides is 1. The minimum absolute atomic E-state index is 0.0273. The molecule has 0 aliphatic carbocycles. The topological polar surface area (TPSA) is 43.3 Å². The average Bonchev–Trinajstić information content (AvgIpc) is 3.12. The van der Waals surface area contributed by atoms with Crippen LogP contribution in [-0.4, -0.2) is 23.3 Å². The first-order valence-corrected chi connectivity index (χ1v) is 10.8. The van der Waals surface area contributed by atoms with E-state index in [9.17, 15) is 4.79 Å². The highest BCUT2D eigenvalue weighted by atomic mass is 32.2. The molecule has 3 aromatic carbocycles. The SMILES string of the molecule is COc1ccc(NC(=O)CSc2cn(Cc3ccc(C)cc3)c3ccccc23)cc1. The first-order chi connectivity index (χ1) is 14.6. The Morgan fingerprint density at radius 2 is 1.73 bits per heavy atom. The third-order valence-corrected chi connectivity index (χ3v) is 6.00. The molecule has 0 bridgehead atoms. The van der Waals surface area contributed by atoms with Crippen LogP contribution in [0.15, 0.2) is 83.9 Å². The summed E-state index contributed by atoms with van der Waals surface area (Å²) in [7, 11) is 1.62. The predicted molar refractivity (Wildman–Crippen MR) is 125 cm³/mol. The molecular weight excluding hydrogens is 392 g/mol. The lowest BCUT2D eigenvalue weighted by Crippen LogP contribution is -2.13. The second-order valence-electron chi connectivity index (χ2n) is 7.19. The Morgan fingerprint density at radius 3 is 2.47 bits per heavy atom.